The predicted molar refractivity (Wildman–Crippen MR) is 87.8 cm³/mol. The molecule has 0 amide bonds. The van der Waals surface area contributed by atoms with E-state index >= 15 is 0 Å². The van der Waals surface area contributed by atoms with Crippen LogP contribution in [0.5, 0.6) is 0 Å². The Labute approximate surface area is 125 Å². The molecule has 0 heterocycles. The first-order valence-corrected chi connectivity index (χ1v) is 9.45. The molecule has 114 valence electrons. The van der Waals surface area contributed by atoms with Crippen LogP contribution in [0.15, 0.2) is 23.1 Å². The number of sulfonamides is 1. The molecular formula is C13H23N3O2S2. The van der Waals surface area contributed by atoms with Crippen LogP contribution in [0, 0.1) is 0 Å². The summed E-state index contributed by atoms with van der Waals surface area (Å²) < 4.78 is 25.5. The van der Waals surface area contributed by atoms with Crippen molar-refractivity contribution in [1.82, 2.24) is 4.72 Å². The summed E-state index contributed by atoms with van der Waals surface area (Å²) >= 11 is 1.86. The molecule has 0 saturated heterocycles. The molecule has 0 aromatic heterocycles. The van der Waals surface area contributed by atoms with Crippen molar-refractivity contribution in [3.8, 4) is 0 Å². The summed E-state index contributed by atoms with van der Waals surface area (Å²) in [6, 6.07) is 4.74. The molecule has 0 spiro atoms. The third kappa shape index (κ3) is 5.22. The zero-order chi connectivity index (χ0) is 15.0. The lowest BCUT2D eigenvalue weighted by molar-refractivity contribution is 0.588. The number of hydrogen-bond acceptors (Lipinski definition) is 5. The lowest BCUT2D eigenvalue weighted by Gasteiger charge is -2.11. The van der Waals surface area contributed by atoms with E-state index < -0.39 is 10.0 Å². The Hall–Kier alpha value is -0.920. The molecule has 5 nitrogen and oxygen atoms in total. The van der Waals surface area contributed by atoms with Gasteiger partial charge in [-0.1, -0.05) is 6.42 Å². The van der Waals surface area contributed by atoms with Crippen molar-refractivity contribution in [3.63, 3.8) is 0 Å². The van der Waals surface area contributed by atoms with Gasteiger partial charge in [0.15, 0.2) is 0 Å². The maximum absolute atomic E-state index is 11.6. The van der Waals surface area contributed by atoms with Crippen LogP contribution in [0.25, 0.3) is 0 Å². The third-order valence-corrected chi connectivity index (χ3v) is 5.05. The van der Waals surface area contributed by atoms with Gasteiger partial charge in [0.05, 0.1) is 16.3 Å². The molecule has 0 fully saturated rings. The number of nitrogens with one attached hydrogen (secondary N) is 2. The van der Waals surface area contributed by atoms with Gasteiger partial charge in [-0.3, -0.25) is 0 Å². The van der Waals surface area contributed by atoms with Crippen molar-refractivity contribution < 1.29 is 8.42 Å². The number of nitrogens with two attached hydrogens (primary N) is 1. The number of anilines is 2. The number of benzene rings is 1. The highest BCUT2D eigenvalue weighted by molar-refractivity contribution is 7.98. The van der Waals surface area contributed by atoms with Gasteiger partial charge in [0.1, 0.15) is 0 Å². The normalized spacial score (nSPS) is 11.5. The fourth-order valence-corrected chi connectivity index (χ4v) is 3.02. The molecule has 0 radical (unpaired) electrons. The van der Waals surface area contributed by atoms with E-state index in [9.17, 15) is 8.42 Å². The number of hydrogen-bond donors (Lipinski definition) is 3. The van der Waals surface area contributed by atoms with E-state index in [1.165, 1.54) is 31.7 Å². The first-order chi connectivity index (χ1) is 9.51. The van der Waals surface area contributed by atoms with Crippen LogP contribution in [0.1, 0.15) is 19.3 Å². The predicted octanol–water partition coefficient (Wildman–Crippen LogP) is 2.12. The van der Waals surface area contributed by atoms with Crippen molar-refractivity contribution in [3.05, 3.63) is 18.2 Å². The Morgan fingerprint density at radius 2 is 2.00 bits per heavy atom. The van der Waals surface area contributed by atoms with Crippen LogP contribution < -0.4 is 15.8 Å². The zero-order valence-corrected chi connectivity index (χ0v) is 13.6. The second-order valence-electron chi connectivity index (χ2n) is 4.44. The van der Waals surface area contributed by atoms with Crippen molar-refractivity contribution in [2.75, 3.05) is 36.7 Å². The smallest absolute Gasteiger partial charge is 0.240 e. The quantitative estimate of drug-likeness (QED) is 0.480. The third-order valence-electron chi connectivity index (χ3n) is 2.94. The molecule has 0 saturated carbocycles. The van der Waals surface area contributed by atoms with Crippen LogP contribution in [0.4, 0.5) is 11.4 Å². The fourth-order valence-electron chi connectivity index (χ4n) is 1.76. The minimum atomic E-state index is -3.43. The lowest BCUT2D eigenvalue weighted by atomic mass is 10.2. The number of rotatable bonds is 9. The highest BCUT2D eigenvalue weighted by Gasteiger charge is 2.12. The van der Waals surface area contributed by atoms with E-state index in [-0.39, 0.29) is 4.90 Å². The Morgan fingerprint density at radius 3 is 2.60 bits per heavy atom. The summed E-state index contributed by atoms with van der Waals surface area (Å²) in [5.74, 6) is 1.19. The van der Waals surface area contributed by atoms with Gasteiger partial charge in [0.25, 0.3) is 0 Å². The van der Waals surface area contributed by atoms with E-state index in [0.29, 0.717) is 5.69 Å². The minimum Gasteiger partial charge on any atom is -0.397 e. The zero-order valence-electron chi connectivity index (χ0n) is 12.0. The summed E-state index contributed by atoms with van der Waals surface area (Å²) in [5.41, 5.74) is 7.11. The van der Waals surface area contributed by atoms with E-state index in [1.54, 1.807) is 12.1 Å². The topological polar surface area (TPSA) is 84.2 Å². The van der Waals surface area contributed by atoms with Crippen molar-refractivity contribution >= 4 is 33.2 Å². The first kappa shape index (κ1) is 17.1. The van der Waals surface area contributed by atoms with E-state index in [4.69, 9.17) is 5.73 Å². The second kappa shape index (κ2) is 8.39. The highest BCUT2D eigenvalue weighted by atomic mass is 32.2. The number of unbranched alkanes of at least 4 members (excludes halogenated alkanes) is 2. The molecule has 1 aromatic rings. The van der Waals surface area contributed by atoms with Crippen LogP contribution in [0.3, 0.4) is 0 Å². The average Bonchev–Trinajstić information content (AvgIpc) is 2.44. The van der Waals surface area contributed by atoms with Gasteiger partial charge in [-0.25, -0.2) is 13.1 Å². The van der Waals surface area contributed by atoms with Gasteiger partial charge in [-0.2, -0.15) is 11.8 Å². The standard InChI is InChI=1S/C13H23N3O2S2/c1-15-20(17,18)11-6-7-13(12(14)10-11)16-8-4-3-5-9-19-2/h6-7,10,15-16H,3-5,8-9,14H2,1-2H3. The van der Waals surface area contributed by atoms with Crippen LogP contribution in [-0.4, -0.2) is 34.0 Å². The molecule has 0 aliphatic carbocycles. The first-order valence-electron chi connectivity index (χ1n) is 6.57. The fraction of sp³-hybridized carbons (Fsp3) is 0.538. The van der Waals surface area contributed by atoms with E-state index in [1.807, 2.05) is 11.8 Å². The van der Waals surface area contributed by atoms with Gasteiger partial charge < -0.3 is 11.1 Å². The van der Waals surface area contributed by atoms with Crippen molar-refractivity contribution in [2.24, 2.45) is 0 Å². The SMILES string of the molecule is CNS(=O)(=O)c1ccc(NCCCCCSC)c(N)c1. The molecule has 0 unspecified atom stereocenters. The van der Waals surface area contributed by atoms with Crippen LogP contribution in [0.2, 0.25) is 0 Å². The number of nitrogen functional groups attached to an aromatic ring is 1. The van der Waals surface area contributed by atoms with Crippen molar-refractivity contribution in [2.45, 2.75) is 24.2 Å². The summed E-state index contributed by atoms with van der Waals surface area (Å²) in [7, 11) is -2.05. The molecule has 0 aliphatic heterocycles. The minimum absolute atomic E-state index is 0.183. The lowest BCUT2D eigenvalue weighted by Crippen LogP contribution is -2.18. The molecular weight excluding hydrogens is 294 g/mol. The maximum atomic E-state index is 11.6. The molecule has 20 heavy (non-hydrogen) atoms. The molecule has 0 aliphatic rings. The molecule has 1 rings (SSSR count). The van der Waals surface area contributed by atoms with E-state index in [2.05, 4.69) is 16.3 Å². The van der Waals surface area contributed by atoms with Gasteiger partial charge in [0, 0.05) is 6.54 Å². The molecule has 4 N–H and O–H groups in total. The molecule has 7 heteroatoms. The van der Waals surface area contributed by atoms with Gasteiger partial charge in [0.2, 0.25) is 10.0 Å². The molecule has 0 atom stereocenters. The van der Waals surface area contributed by atoms with Gasteiger partial charge in [-0.05, 0) is 50.1 Å². The van der Waals surface area contributed by atoms with E-state index in [0.717, 1.165) is 18.7 Å². The largest absolute Gasteiger partial charge is 0.397 e. The summed E-state index contributed by atoms with van der Waals surface area (Å²) in [4.78, 5) is 0.183. The summed E-state index contributed by atoms with van der Waals surface area (Å²) in [6.07, 6.45) is 5.59. The number of thioether (sulfide) groups is 1. The second-order valence-corrected chi connectivity index (χ2v) is 7.31. The molecule has 0 bridgehead atoms. The van der Waals surface area contributed by atoms with Crippen LogP contribution in [-0.2, 0) is 10.0 Å². The summed E-state index contributed by atoms with van der Waals surface area (Å²) in [6.45, 7) is 0.844. The average molecular weight is 317 g/mol. The Kier molecular flexibility index (Phi) is 7.18. The van der Waals surface area contributed by atoms with Gasteiger partial charge >= 0.3 is 0 Å². The maximum Gasteiger partial charge on any atom is 0.240 e. The monoisotopic (exact) mass is 317 g/mol. The van der Waals surface area contributed by atoms with Gasteiger partial charge in [-0.15, -0.1) is 0 Å². The molecule has 1 aromatic carbocycles. The Bertz CT molecular complexity index is 518. The van der Waals surface area contributed by atoms with Crippen LogP contribution >= 0.6 is 11.8 Å². The summed E-state index contributed by atoms with van der Waals surface area (Å²) in [5, 5.41) is 3.24. The highest BCUT2D eigenvalue weighted by Crippen LogP contribution is 2.22. The Morgan fingerprint density at radius 1 is 1.25 bits per heavy atom. The van der Waals surface area contributed by atoms with Crippen molar-refractivity contribution in [1.29, 1.82) is 0 Å². The Balaban J connectivity index is 2.53.